The maximum atomic E-state index is 12.1. The number of ether oxygens (including phenoxy) is 1. The van der Waals surface area contributed by atoms with Crippen LogP contribution >= 0.6 is 0 Å². The number of rotatable bonds is 57. The lowest BCUT2D eigenvalue weighted by molar-refractivity contribution is -0.143. The van der Waals surface area contributed by atoms with Crippen molar-refractivity contribution in [3.63, 3.8) is 0 Å². The molecule has 2 nitrogen and oxygen atoms in total. The summed E-state index contributed by atoms with van der Waals surface area (Å²) < 4.78 is 5.52. The topological polar surface area (TPSA) is 26.3 Å². The smallest absolute Gasteiger partial charge is 0.305 e. The summed E-state index contributed by atoms with van der Waals surface area (Å²) in [5.41, 5.74) is 0. The van der Waals surface area contributed by atoms with E-state index in [9.17, 15) is 4.79 Å². The van der Waals surface area contributed by atoms with Crippen LogP contribution in [0.5, 0.6) is 0 Å². The molecule has 2 heteroatoms. The van der Waals surface area contributed by atoms with Crippen LogP contribution in [0.4, 0.5) is 0 Å². The molecule has 0 amide bonds. The van der Waals surface area contributed by atoms with Crippen molar-refractivity contribution < 1.29 is 9.53 Å². The minimum absolute atomic E-state index is 0.0366. The molecule has 0 saturated heterocycles. The summed E-state index contributed by atoms with van der Waals surface area (Å²) in [7, 11) is 0. The Balaban J connectivity index is 3.14. The van der Waals surface area contributed by atoms with E-state index in [0.29, 0.717) is 13.0 Å². The van der Waals surface area contributed by atoms with E-state index in [1.54, 1.807) is 0 Å². The van der Waals surface area contributed by atoms with Gasteiger partial charge in [-0.05, 0) is 12.8 Å². The van der Waals surface area contributed by atoms with Gasteiger partial charge < -0.3 is 4.74 Å². The van der Waals surface area contributed by atoms with Crippen LogP contribution in [0.2, 0.25) is 0 Å². The number of unbranched alkanes of at least 4 members (excludes halogenated alkanes) is 53. The van der Waals surface area contributed by atoms with Crippen molar-refractivity contribution >= 4 is 5.97 Å². The van der Waals surface area contributed by atoms with E-state index in [0.717, 1.165) is 12.8 Å². The highest BCUT2D eigenvalue weighted by atomic mass is 16.5. The van der Waals surface area contributed by atoms with Gasteiger partial charge >= 0.3 is 5.97 Å². The first-order valence-corrected chi connectivity index (χ1v) is 30.0. The summed E-state index contributed by atoms with van der Waals surface area (Å²) in [5.74, 6) is 0.0366. The van der Waals surface area contributed by atoms with Crippen molar-refractivity contribution in [2.24, 2.45) is 0 Å². The zero-order valence-corrected chi connectivity index (χ0v) is 43.6. The molecule has 0 bridgehead atoms. The standard InChI is InChI=1S/C60H120O2/c1-3-5-7-9-11-13-15-17-19-21-23-25-27-29-30-31-32-33-35-37-39-41-43-45-47-49-51-53-55-57-59-62-60(61)58-56-54-52-50-48-46-44-42-40-38-36-34-28-26-24-22-20-18-16-14-12-10-8-6-4-2/h3-59H2,1-2H3. The fraction of sp³-hybridized carbons (Fsp3) is 0.983. The molecule has 0 aliphatic rings. The second kappa shape index (κ2) is 58.5. The molecule has 372 valence electrons. The summed E-state index contributed by atoms with van der Waals surface area (Å²) in [4.78, 5) is 12.1. The minimum atomic E-state index is 0.0366. The van der Waals surface area contributed by atoms with Gasteiger partial charge in [-0.15, -0.1) is 0 Å². The molecule has 0 spiro atoms. The van der Waals surface area contributed by atoms with Crippen molar-refractivity contribution in [3.8, 4) is 0 Å². The Morgan fingerprint density at radius 3 is 0.532 bits per heavy atom. The quantitative estimate of drug-likeness (QED) is 0.0450. The first-order valence-electron chi connectivity index (χ1n) is 30.0. The van der Waals surface area contributed by atoms with Gasteiger partial charge in [0.05, 0.1) is 6.61 Å². The second-order valence-corrected chi connectivity index (χ2v) is 20.7. The van der Waals surface area contributed by atoms with Crippen molar-refractivity contribution in [1.82, 2.24) is 0 Å². The molecular formula is C60H120O2. The number of hydrogen-bond acceptors (Lipinski definition) is 2. The Bertz CT molecular complexity index is 777. The van der Waals surface area contributed by atoms with E-state index in [1.807, 2.05) is 0 Å². The van der Waals surface area contributed by atoms with Gasteiger partial charge in [0, 0.05) is 6.42 Å². The molecule has 0 aromatic rings. The highest BCUT2D eigenvalue weighted by molar-refractivity contribution is 5.69. The van der Waals surface area contributed by atoms with Crippen LogP contribution in [-0.2, 0) is 9.53 Å². The average Bonchev–Trinajstić information content (AvgIpc) is 3.28. The maximum absolute atomic E-state index is 12.1. The van der Waals surface area contributed by atoms with Crippen molar-refractivity contribution in [1.29, 1.82) is 0 Å². The van der Waals surface area contributed by atoms with E-state index in [2.05, 4.69) is 13.8 Å². The predicted molar refractivity (Wildman–Crippen MR) is 281 cm³/mol. The van der Waals surface area contributed by atoms with Crippen molar-refractivity contribution in [2.75, 3.05) is 6.61 Å². The van der Waals surface area contributed by atoms with Gasteiger partial charge in [0.1, 0.15) is 0 Å². The minimum Gasteiger partial charge on any atom is -0.466 e. The zero-order valence-electron chi connectivity index (χ0n) is 43.6. The molecule has 0 saturated carbocycles. The molecule has 0 atom stereocenters. The molecule has 0 aliphatic heterocycles. The Morgan fingerprint density at radius 1 is 0.210 bits per heavy atom. The van der Waals surface area contributed by atoms with Crippen LogP contribution in [0.1, 0.15) is 373 Å². The molecule has 0 radical (unpaired) electrons. The SMILES string of the molecule is CCCCCCCCCCCCCCCCCCCCCCCCCCCCCCCCOC(=O)CCCCCCCCCCCCCCCCCCCCCCCCCCC. The van der Waals surface area contributed by atoms with Crippen LogP contribution in [-0.4, -0.2) is 12.6 Å². The summed E-state index contributed by atoms with van der Waals surface area (Å²) in [6.45, 7) is 5.25. The van der Waals surface area contributed by atoms with E-state index in [1.165, 1.54) is 340 Å². The monoisotopic (exact) mass is 873 g/mol. The normalized spacial score (nSPS) is 11.6. The second-order valence-electron chi connectivity index (χ2n) is 20.7. The molecule has 0 aliphatic carbocycles. The summed E-state index contributed by atoms with van der Waals surface area (Å²) in [6.07, 6.45) is 78.7. The fourth-order valence-corrected chi connectivity index (χ4v) is 9.79. The number of hydrogen-bond donors (Lipinski definition) is 0. The van der Waals surface area contributed by atoms with Gasteiger partial charge in [-0.2, -0.15) is 0 Å². The molecule has 0 aromatic carbocycles. The summed E-state index contributed by atoms with van der Waals surface area (Å²) in [5, 5.41) is 0. The van der Waals surface area contributed by atoms with E-state index in [4.69, 9.17) is 4.74 Å². The highest BCUT2D eigenvalue weighted by Crippen LogP contribution is 2.19. The first-order chi connectivity index (χ1) is 30.8. The van der Waals surface area contributed by atoms with Crippen LogP contribution in [0.3, 0.4) is 0 Å². The molecular weight excluding hydrogens is 753 g/mol. The third-order valence-corrected chi connectivity index (χ3v) is 14.2. The van der Waals surface area contributed by atoms with Crippen molar-refractivity contribution in [3.05, 3.63) is 0 Å². The van der Waals surface area contributed by atoms with Gasteiger partial charge in [-0.1, -0.05) is 354 Å². The van der Waals surface area contributed by atoms with Crippen molar-refractivity contribution in [2.45, 2.75) is 373 Å². The number of carbonyl (C=O) groups is 1. The molecule has 0 fully saturated rings. The summed E-state index contributed by atoms with van der Waals surface area (Å²) in [6, 6.07) is 0. The molecule has 0 N–H and O–H groups in total. The van der Waals surface area contributed by atoms with Gasteiger partial charge in [0.25, 0.3) is 0 Å². The third-order valence-electron chi connectivity index (χ3n) is 14.2. The predicted octanol–water partition coefficient (Wildman–Crippen LogP) is 22.4. The van der Waals surface area contributed by atoms with Gasteiger partial charge in [0.2, 0.25) is 0 Å². The number of esters is 1. The lowest BCUT2D eigenvalue weighted by atomic mass is 10.0. The lowest BCUT2D eigenvalue weighted by Crippen LogP contribution is -2.05. The zero-order chi connectivity index (χ0) is 44.6. The maximum Gasteiger partial charge on any atom is 0.305 e. The first kappa shape index (κ1) is 61.5. The van der Waals surface area contributed by atoms with E-state index < -0.39 is 0 Å². The van der Waals surface area contributed by atoms with Gasteiger partial charge in [0.15, 0.2) is 0 Å². The lowest BCUT2D eigenvalue weighted by Gasteiger charge is -2.06. The Hall–Kier alpha value is -0.530. The molecule has 62 heavy (non-hydrogen) atoms. The summed E-state index contributed by atoms with van der Waals surface area (Å²) >= 11 is 0. The third kappa shape index (κ3) is 57.5. The molecule has 0 unspecified atom stereocenters. The number of carbonyl (C=O) groups excluding carboxylic acids is 1. The van der Waals surface area contributed by atoms with Crippen LogP contribution in [0.25, 0.3) is 0 Å². The highest BCUT2D eigenvalue weighted by Gasteiger charge is 2.03. The molecule has 0 aromatic heterocycles. The van der Waals surface area contributed by atoms with Gasteiger partial charge in [-0.25, -0.2) is 0 Å². The van der Waals surface area contributed by atoms with E-state index in [-0.39, 0.29) is 5.97 Å². The van der Waals surface area contributed by atoms with Gasteiger partial charge in [-0.3, -0.25) is 4.79 Å². The Morgan fingerprint density at radius 2 is 0.355 bits per heavy atom. The Kier molecular flexibility index (Phi) is 58.0. The van der Waals surface area contributed by atoms with Crippen LogP contribution < -0.4 is 0 Å². The van der Waals surface area contributed by atoms with E-state index >= 15 is 0 Å². The molecule has 0 heterocycles. The van der Waals surface area contributed by atoms with Crippen LogP contribution in [0.15, 0.2) is 0 Å². The largest absolute Gasteiger partial charge is 0.466 e. The average molecular weight is 874 g/mol. The molecule has 0 rings (SSSR count). The van der Waals surface area contributed by atoms with Crippen LogP contribution in [0, 0.1) is 0 Å². The fourth-order valence-electron chi connectivity index (χ4n) is 9.79. The Labute approximate surface area is 394 Å².